The lowest BCUT2D eigenvalue weighted by Crippen LogP contribution is -2.28. The highest BCUT2D eigenvalue weighted by Gasteiger charge is 2.45. The molecular formula is C16H30O2. The van der Waals surface area contributed by atoms with Gasteiger partial charge in [-0.3, -0.25) is 0 Å². The Bertz CT molecular complexity index is 241. The summed E-state index contributed by atoms with van der Waals surface area (Å²) in [6, 6.07) is 0. The van der Waals surface area contributed by atoms with Gasteiger partial charge in [-0.15, -0.1) is 0 Å². The van der Waals surface area contributed by atoms with Crippen LogP contribution >= 0.6 is 0 Å². The molecule has 2 fully saturated rings. The second-order valence-corrected chi connectivity index (χ2v) is 6.24. The lowest BCUT2D eigenvalue weighted by atomic mass is 9.86. The van der Waals surface area contributed by atoms with E-state index in [9.17, 15) is 0 Å². The summed E-state index contributed by atoms with van der Waals surface area (Å²) >= 11 is 0. The van der Waals surface area contributed by atoms with Crippen molar-refractivity contribution in [2.45, 2.75) is 84.0 Å². The van der Waals surface area contributed by atoms with Gasteiger partial charge in [0, 0.05) is 6.61 Å². The van der Waals surface area contributed by atoms with E-state index in [0.717, 1.165) is 18.4 Å². The van der Waals surface area contributed by atoms with Crippen molar-refractivity contribution in [3.8, 4) is 0 Å². The van der Waals surface area contributed by atoms with Crippen molar-refractivity contribution in [3.63, 3.8) is 0 Å². The molecule has 2 rings (SSSR count). The van der Waals surface area contributed by atoms with Crippen molar-refractivity contribution in [2.24, 2.45) is 11.8 Å². The summed E-state index contributed by atoms with van der Waals surface area (Å²) in [7, 11) is 0. The van der Waals surface area contributed by atoms with E-state index >= 15 is 0 Å². The second kappa shape index (κ2) is 6.91. The van der Waals surface area contributed by atoms with Crippen LogP contribution in [-0.2, 0) is 9.47 Å². The van der Waals surface area contributed by atoms with Crippen LogP contribution in [0.2, 0.25) is 0 Å². The zero-order chi connectivity index (χ0) is 13.0. The average molecular weight is 254 g/mol. The Morgan fingerprint density at radius 3 is 2.72 bits per heavy atom. The number of rotatable bonds is 8. The Kier molecular flexibility index (Phi) is 5.50. The van der Waals surface area contributed by atoms with Crippen molar-refractivity contribution in [3.05, 3.63) is 0 Å². The molecule has 0 aromatic rings. The largest absolute Gasteiger partial charge is 0.378 e. The molecule has 5 unspecified atom stereocenters. The van der Waals surface area contributed by atoms with Gasteiger partial charge in [0.25, 0.3) is 0 Å². The van der Waals surface area contributed by atoms with Crippen molar-refractivity contribution in [1.82, 2.24) is 0 Å². The first-order valence-electron chi connectivity index (χ1n) is 8.01. The molecule has 1 aliphatic heterocycles. The molecule has 0 radical (unpaired) electrons. The van der Waals surface area contributed by atoms with Crippen LogP contribution in [0.5, 0.6) is 0 Å². The first kappa shape index (κ1) is 14.3. The number of ether oxygens (including phenoxy) is 2. The van der Waals surface area contributed by atoms with Gasteiger partial charge >= 0.3 is 0 Å². The zero-order valence-electron chi connectivity index (χ0n) is 12.4. The van der Waals surface area contributed by atoms with Gasteiger partial charge in [-0.2, -0.15) is 0 Å². The minimum atomic E-state index is 0.422. The van der Waals surface area contributed by atoms with E-state index in [-0.39, 0.29) is 0 Å². The molecule has 1 saturated heterocycles. The standard InChI is InChI=1S/C16H30O2/c1-4-6-7-13(5-2)11-17-12(3)14-8-9-15-16(10-14)18-15/h12-16H,4-11H2,1-3H3. The number of unbranched alkanes of at least 4 members (excludes halogenated alkanes) is 1. The predicted octanol–water partition coefficient (Wildman–Crippen LogP) is 4.18. The monoisotopic (exact) mass is 254 g/mol. The molecule has 0 N–H and O–H groups in total. The van der Waals surface area contributed by atoms with Gasteiger partial charge < -0.3 is 9.47 Å². The Balaban J connectivity index is 1.64. The van der Waals surface area contributed by atoms with Gasteiger partial charge in [-0.1, -0.05) is 33.1 Å². The quantitative estimate of drug-likeness (QED) is 0.606. The van der Waals surface area contributed by atoms with E-state index in [4.69, 9.17) is 9.47 Å². The zero-order valence-corrected chi connectivity index (χ0v) is 12.4. The van der Waals surface area contributed by atoms with Crippen molar-refractivity contribution in [1.29, 1.82) is 0 Å². The van der Waals surface area contributed by atoms with E-state index in [1.165, 1.54) is 44.9 Å². The molecule has 18 heavy (non-hydrogen) atoms. The maximum Gasteiger partial charge on any atom is 0.0845 e. The molecule has 2 nitrogen and oxygen atoms in total. The van der Waals surface area contributed by atoms with Gasteiger partial charge in [-0.05, 0) is 44.4 Å². The Morgan fingerprint density at radius 2 is 2.06 bits per heavy atom. The van der Waals surface area contributed by atoms with E-state index in [2.05, 4.69) is 20.8 Å². The molecule has 2 aliphatic rings. The highest BCUT2D eigenvalue weighted by Crippen LogP contribution is 2.41. The molecule has 0 spiro atoms. The lowest BCUT2D eigenvalue weighted by molar-refractivity contribution is -0.00585. The number of fused-ring (bicyclic) bond motifs is 1. The Morgan fingerprint density at radius 1 is 1.22 bits per heavy atom. The maximum absolute atomic E-state index is 6.14. The minimum absolute atomic E-state index is 0.422. The summed E-state index contributed by atoms with van der Waals surface area (Å²) in [5.74, 6) is 1.50. The van der Waals surface area contributed by atoms with Crippen LogP contribution in [0.1, 0.15) is 65.7 Å². The molecule has 0 bridgehead atoms. The molecule has 0 aromatic heterocycles. The normalized spacial score (nSPS) is 33.8. The predicted molar refractivity (Wildman–Crippen MR) is 74.7 cm³/mol. The highest BCUT2D eigenvalue weighted by atomic mass is 16.6. The lowest BCUT2D eigenvalue weighted by Gasteiger charge is -2.27. The van der Waals surface area contributed by atoms with Crippen LogP contribution in [0.15, 0.2) is 0 Å². The smallest absolute Gasteiger partial charge is 0.0845 e. The molecule has 0 aromatic carbocycles. The molecule has 0 amide bonds. The summed E-state index contributed by atoms with van der Waals surface area (Å²) in [6.07, 6.45) is 10.6. The summed E-state index contributed by atoms with van der Waals surface area (Å²) in [4.78, 5) is 0. The second-order valence-electron chi connectivity index (χ2n) is 6.24. The average Bonchev–Trinajstić information content (AvgIpc) is 3.16. The Hall–Kier alpha value is -0.0800. The van der Waals surface area contributed by atoms with Crippen LogP contribution in [-0.4, -0.2) is 24.9 Å². The van der Waals surface area contributed by atoms with Crippen LogP contribution in [0, 0.1) is 11.8 Å². The fraction of sp³-hybridized carbons (Fsp3) is 1.00. The fourth-order valence-corrected chi connectivity index (χ4v) is 3.18. The summed E-state index contributed by atoms with van der Waals surface area (Å²) in [5, 5.41) is 0. The first-order valence-corrected chi connectivity index (χ1v) is 8.01. The number of epoxide rings is 1. The van der Waals surface area contributed by atoms with Crippen LogP contribution in [0.25, 0.3) is 0 Å². The first-order chi connectivity index (χ1) is 8.74. The molecule has 1 saturated carbocycles. The summed E-state index contributed by atoms with van der Waals surface area (Å²) in [6.45, 7) is 7.78. The molecule has 1 aliphatic carbocycles. The molecular weight excluding hydrogens is 224 g/mol. The maximum atomic E-state index is 6.14. The van der Waals surface area contributed by atoms with E-state index in [1.807, 2.05) is 0 Å². The van der Waals surface area contributed by atoms with Gasteiger partial charge in [0.2, 0.25) is 0 Å². The van der Waals surface area contributed by atoms with Crippen LogP contribution in [0.3, 0.4) is 0 Å². The topological polar surface area (TPSA) is 21.8 Å². The minimum Gasteiger partial charge on any atom is -0.378 e. The SMILES string of the molecule is CCCCC(CC)COC(C)C1CCC2OC2C1. The third-order valence-corrected chi connectivity index (χ3v) is 4.85. The van der Waals surface area contributed by atoms with Crippen LogP contribution < -0.4 is 0 Å². The molecule has 1 heterocycles. The molecule has 106 valence electrons. The third kappa shape index (κ3) is 3.96. The third-order valence-electron chi connectivity index (χ3n) is 4.85. The van der Waals surface area contributed by atoms with Crippen LogP contribution in [0.4, 0.5) is 0 Å². The summed E-state index contributed by atoms with van der Waals surface area (Å²) in [5.41, 5.74) is 0. The fourth-order valence-electron chi connectivity index (χ4n) is 3.18. The van der Waals surface area contributed by atoms with Gasteiger partial charge in [0.15, 0.2) is 0 Å². The van der Waals surface area contributed by atoms with Gasteiger partial charge in [0.1, 0.15) is 0 Å². The Labute approximate surface area is 112 Å². The summed E-state index contributed by atoms with van der Waals surface area (Å²) < 4.78 is 11.7. The van der Waals surface area contributed by atoms with Gasteiger partial charge in [0.05, 0.1) is 18.3 Å². The van der Waals surface area contributed by atoms with E-state index in [1.54, 1.807) is 0 Å². The number of hydrogen-bond donors (Lipinski definition) is 0. The van der Waals surface area contributed by atoms with E-state index < -0.39 is 0 Å². The van der Waals surface area contributed by atoms with E-state index in [0.29, 0.717) is 18.3 Å². The molecule has 2 heteroatoms. The van der Waals surface area contributed by atoms with Crippen molar-refractivity contribution >= 4 is 0 Å². The van der Waals surface area contributed by atoms with Crippen molar-refractivity contribution in [2.75, 3.05) is 6.61 Å². The van der Waals surface area contributed by atoms with Crippen molar-refractivity contribution < 1.29 is 9.47 Å². The molecule has 5 atom stereocenters. The van der Waals surface area contributed by atoms with Gasteiger partial charge in [-0.25, -0.2) is 0 Å². The highest BCUT2D eigenvalue weighted by molar-refractivity contribution is 4.93. The number of hydrogen-bond acceptors (Lipinski definition) is 2.